The van der Waals surface area contributed by atoms with Crippen LogP contribution in [0.5, 0.6) is 0 Å². The summed E-state index contributed by atoms with van der Waals surface area (Å²) in [6, 6.07) is 2.02. The lowest BCUT2D eigenvalue weighted by Crippen LogP contribution is -2.37. The van der Waals surface area contributed by atoms with E-state index in [0.717, 1.165) is 55.1 Å². The Labute approximate surface area is 137 Å². The van der Waals surface area contributed by atoms with Crippen molar-refractivity contribution in [3.05, 3.63) is 29.2 Å². The molecule has 1 saturated heterocycles. The Morgan fingerprint density at radius 1 is 1.35 bits per heavy atom. The summed E-state index contributed by atoms with van der Waals surface area (Å²) in [5, 5.41) is 4.43. The van der Waals surface area contributed by atoms with E-state index in [4.69, 9.17) is 0 Å². The molecular weight excluding hydrogens is 312 g/mol. The minimum absolute atomic E-state index is 0.233. The molecule has 0 bridgehead atoms. The molecule has 126 valence electrons. The monoisotopic (exact) mass is 336 g/mol. The molecule has 1 fully saturated rings. The van der Waals surface area contributed by atoms with Crippen LogP contribution in [0.4, 0.5) is 0 Å². The first-order valence-corrected chi connectivity index (χ1v) is 10.1. The maximum atomic E-state index is 11.5. The van der Waals surface area contributed by atoms with E-state index < -0.39 is 9.84 Å². The van der Waals surface area contributed by atoms with Gasteiger partial charge >= 0.3 is 0 Å². The predicted molar refractivity (Wildman–Crippen MR) is 90.2 cm³/mol. The van der Waals surface area contributed by atoms with Gasteiger partial charge in [-0.3, -0.25) is 4.90 Å². The second kappa shape index (κ2) is 6.20. The van der Waals surface area contributed by atoms with Crippen molar-refractivity contribution < 1.29 is 8.42 Å². The quantitative estimate of drug-likeness (QED) is 0.848. The highest BCUT2D eigenvalue weighted by Crippen LogP contribution is 2.21. The van der Waals surface area contributed by atoms with Gasteiger partial charge in [0, 0.05) is 36.3 Å². The number of aromatic nitrogens is 3. The van der Waals surface area contributed by atoms with Crippen molar-refractivity contribution in [2.75, 3.05) is 25.1 Å². The molecule has 2 aromatic rings. The van der Waals surface area contributed by atoms with Crippen LogP contribution >= 0.6 is 0 Å². The van der Waals surface area contributed by atoms with Crippen LogP contribution in [0.1, 0.15) is 29.8 Å². The highest BCUT2D eigenvalue weighted by molar-refractivity contribution is 7.90. The molecule has 0 spiro atoms. The number of sulfone groups is 1. The Bertz CT molecular complexity index is 813. The zero-order valence-electron chi connectivity index (χ0n) is 14.0. The number of fused-ring (bicyclic) bond motifs is 1. The van der Waals surface area contributed by atoms with Crippen LogP contribution in [-0.4, -0.2) is 53.0 Å². The lowest BCUT2D eigenvalue weighted by Gasteiger charge is -2.32. The van der Waals surface area contributed by atoms with Crippen LogP contribution in [0, 0.1) is 19.8 Å². The fourth-order valence-electron chi connectivity index (χ4n) is 3.53. The Hall–Kier alpha value is -1.47. The first kappa shape index (κ1) is 16.4. The van der Waals surface area contributed by atoms with Gasteiger partial charge in [-0.2, -0.15) is 5.10 Å². The van der Waals surface area contributed by atoms with Gasteiger partial charge in [-0.25, -0.2) is 17.9 Å². The van der Waals surface area contributed by atoms with Gasteiger partial charge in [-0.15, -0.1) is 0 Å². The van der Waals surface area contributed by atoms with E-state index in [1.165, 1.54) is 6.26 Å². The predicted octanol–water partition coefficient (Wildman–Crippen LogP) is 1.60. The summed E-state index contributed by atoms with van der Waals surface area (Å²) in [6.45, 7) is 6.63. The average Bonchev–Trinajstić information content (AvgIpc) is 2.80. The van der Waals surface area contributed by atoms with Crippen LogP contribution in [0.3, 0.4) is 0 Å². The van der Waals surface area contributed by atoms with Crippen LogP contribution in [-0.2, 0) is 16.4 Å². The summed E-state index contributed by atoms with van der Waals surface area (Å²) in [5.74, 6) is 0.520. The highest BCUT2D eigenvalue weighted by atomic mass is 32.2. The molecule has 23 heavy (non-hydrogen) atoms. The van der Waals surface area contributed by atoms with Crippen LogP contribution in [0.2, 0.25) is 0 Å². The molecule has 0 saturated carbocycles. The number of rotatable bonds is 4. The van der Waals surface area contributed by atoms with E-state index in [9.17, 15) is 8.42 Å². The molecule has 1 aliphatic heterocycles. The maximum absolute atomic E-state index is 11.5. The van der Waals surface area contributed by atoms with E-state index >= 15 is 0 Å². The molecule has 0 aliphatic carbocycles. The molecule has 6 nitrogen and oxygen atoms in total. The SMILES string of the molecule is Cc1cc(C)n2ncc(CN3CCCC(CS(C)(=O)=O)C3)c2n1. The van der Waals surface area contributed by atoms with Crippen molar-refractivity contribution in [3.8, 4) is 0 Å². The third kappa shape index (κ3) is 3.90. The first-order chi connectivity index (χ1) is 10.8. The Kier molecular flexibility index (Phi) is 4.42. The summed E-state index contributed by atoms with van der Waals surface area (Å²) in [6.07, 6.45) is 5.25. The van der Waals surface area contributed by atoms with Crippen LogP contribution < -0.4 is 0 Å². The molecule has 0 N–H and O–H groups in total. The topological polar surface area (TPSA) is 67.6 Å². The van der Waals surface area contributed by atoms with Crippen LogP contribution in [0.25, 0.3) is 5.65 Å². The maximum Gasteiger partial charge on any atom is 0.159 e. The van der Waals surface area contributed by atoms with Gasteiger partial charge in [-0.05, 0) is 45.2 Å². The van der Waals surface area contributed by atoms with E-state index in [1.54, 1.807) is 0 Å². The van der Waals surface area contributed by atoms with Crippen molar-refractivity contribution in [3.63, 3.8) is 0 Å². The van der Waals surface area contributed by atoms with Gasteiger partial charge in [0.05, 0.1) is 11.9 Å². The van der Waals surface area contributed by atoms with Gasteiger partial charge in [0.2, 0.25) is 0 Å². The lowest BCUT2D eigenvalue weighted by molar-refractivity contribution is 0.178. The molecule has 0 aromatic carbocycles. The summed E-state index contributed by atoms with van der Waals surface area (Å²) in [4.78, 5) is 6.95. The number of nitrogens with zero attached hydrogens (tertiary/aromatic N) is 4. The highest BCUT2D eigenvalue weighted by Gasteiger charge is 2.24. The van der Waals surface area contributed by atoms with Gasteiger partial charge in [-0.1, -0.05) is 0 Å². The first-order valence-electron chi connectivity index (χ1n) is 8.03. The molecule has 7 heteroatoms. The largest absolute Gasteiger partial charge is 0.299 e. The number of likely N-dealkylation sites (tertiary alicyclic amines) is 1. The molecule has 3 heterocycles. The number of hydrogen-bond donors (Lipinski definition) is 0. The molecule has 2 aromatic heterocycles. The summed E-state index contributed by atoms with van der Waals surface area (Å²) < 4.78 is 24.9. The molecule has 1 unspecified atom stereocenters. The van der Waals surface area contributed by atoms with Crippen molar-refractivity contribution in [2.24, 2.45) is 5.92 Å². The molecular formula is C16H24N4O2S. The van der Waals surface area contributed by atoms with Gasteiger partial charge < -0.3 is 0 Å². The minimum atomic E-state index is -2.91. The Balaban J connectivity index is 1.77. The average molecular weight is 336 g/mol. The summed E-state index contributed by atoms with van der Waals surface area (Å²) >= 11 is 0. The number of hydrogen-bond acceptors (Lipinski definition) is 5. The summed E-state index contributed by atoms with van der Waals surface area (Å²) in [5.41, 5.74) is 4.09. The standard InChI is InChI=1S/C16H24N4O2S/c1-12-7-13(2)20-16(18-12)15(8-17-20)10-19-6-4-5-14(9-19)11-23(3,21)22/h7-8,14H,4-6,9-11H2,1-3H3. The second-order valence-corrected chi connectivity index (χ2v) is 8.96. The van der Waals surface area contributed by atoms with Crippen molar-refractivity contribution in [1.29, 1.82) is 0 Å². The molecule has 1 atom stereocenters. The smallest absolute Gasteiger partial charge is 0.159 e. The second-order valence-electron chi connectivity index (χ2n) is 6.78. The minimum Gasteiger partial charge on any atom is -0.299 e. The third-order valence-corrected chi connectivity index (χ3v) is 5.46. The fraction of sp³-hybridized carbons (Fsp3) is 0.625. The van der Waals surface area contributed by atoms with E-state index in [0.29, 0.717) is 0 Å². The number of aryl methyl sites for hydroxylation is 2. The molecule has 1 aliphatic rings. The fourth-order valence-corrected chi connectivity index (χ4v) is 4.66. The summed E-state index contributed by atoms with van der Waals surface area (Å²) in [7, 11) is -2.91. The van der Waals surface area contributed by atoms with Crippen molar-refractivity contribution in [1.82, 2.24) is 19.5 Å². The molecule has 0 amide bonds. The Morgan fingerprint density at radius 2 is 2.13 bits per heavy atom. The van der Waals surface area contributed by atoms with Gasteiger partial charge in [0.25, 0.3) is 0 Å². The van der Waals surface area contributed by atoms with E-state index in [2.05, 4.69) is 15.0 Å². The van der Waals surface area contributed by atoms with Crippen molar-refractivity contribution in [2.45, 2.75) is 33.2 Å². The number of piperidine rings is 1. The van der Waals surface area contributed by atoms with Crippen LogP contribution in [0.15, 0.2) is 12.3 Å². The van der Waals surface area contributed by atoms with Gasteiger partial charge in [0.15, 0.2) is 5.65 Å². The van der Waals surface area contributed by atoms with Gasteiger partial charge in [0.1, 0.15) is 9.84 Å². The van der Waals surface area contributed by atoms with E-state index in [1.807, 2.05) is 30.6 Å². The zero-order valence-corrected chi connectivity index (χ0v) is 14.8. The zero-order chi connectivity index (χ0) is 16.6. The molecule has 3 rings (SSSR count). The Morgan fingerprint density at radius 3 is 2.87 bits per heavy atom. The normalized spacial score (nSPS) is 20.2. The molecule has 0 radical (unpaired) electrons. The lowest BCUT2D eigenvalue weighted by atomic mass is 10.00. The third-order valence-electron chi connectivity index (χ3n) is 4.39. The van der Waals surface area contributed by atoms with Crippen molar-refractivity contribution >= 4 is 15.5 Å². The van der Waals surface area contributed by atoms with E-state index in [-0.39, 0.29) is 11.7 Å².